The molecule has 0 aliphatic heterocycles. The molecule has 0 unspecified atom stereocenters. The topological polar surface area (TPSA) is 88.5 Å². The number of amides is 2. The third-order valence-corrected chi connectivity index (χ3v) is 4.43. The largest absolute Gasteiger partial charge is 0.495 e. The van der Waals surface area contributed by atoms with Gasteiger partial charge < -0.3 is 15.4 Å². The van der Waals surface area contributed by atoms with Crippen molar-refractivity contribution < 1.29 is 14.3 Å². The number of carbonyl (C=O) groups excluding carboxylic acids is 2. The number of benzene rings is 1. The molecular formula is C20H29N5O3. The van der Waals surface area contributed by atoms with Crippen molar-refractivity contribution in [1.29, 1.82) is 0 Å². The Hall–Kier alpha value is -2.87. The number of methoxy groups -OCH3 is 1. The summed E-state index contributed by atoms with van der Waals surface area (Å²) >= 11 is 0. The molecule has 2 N–H and O–H groups in total. The Morgan fingerprint density at radius 1 is 1.14 bits per heavy atom. The molecule has 28 heavy (non-hydrogen) atoms. The molecule has 0 bridgehead atoms. The molecule has 152 valence electrons. The van der Waals surface area contributed by atoms with E-state index >= 15 is 0 Å². The van der Waals surface area contributed by atoms with Gasteiger partial charge in [0.25, 0.3) is 0 Å². The SMILES string of the molecule is CCCN(CC(=O)Nc1ccccc1OC)CC(=O)Nc1c(C)nn(C)c1C. The molecule has 0 saturated heterocycles. The van der Waals surface area contributed by atoms with Crippen LogP contribution in [0.25, 0.3) is 0 Å². The molecule has 2 rings (SSSR count). The highest BCUT2D eigenvalue weighted by molar-refractivity contribution is 5.95. The normalized spacial score (nSPS) is 10.8. The fraction of sp³-hybridized carbons (Fsp3) is 0.450. The quantitative estimate of drug-likeness (QED) is 0.689. The van der Waals surface area contributed by atoms with Gasteiger partial charge >= 0.3 is 0 Å². The molecule has 0 saturated carbocycles. The van der Waals surface area contributed by atoms with Crippen molar-refractivity contribution in [3.8, 4) is 5.75 Å². The average molecular weight is 387 g/mol. The Balaban J connectivity index is 1.98. The minimum Gasteiger partial charge on any atom is -0.495 e. The lowest BCUT2D eigenvalue weighted by molar-refractivity contribution is -0.120. The van der Waals surface area contributed by atoms with Gasteiger partial charge in [-0.15, -0.1) is 0 Å². The maximum atomic E-state index is 12.5. The summed E-state index contributed by atoms with van der Waals surface area (Å²) < 4.78 is 6.99. The number of rotatable bonds is 9. The fourth-order valence-corrected chi connectivity index (χ4v) is 3.01. The van der Waals surface area contributed by atoms with Crippen molar-refractivity contribution in [3.63, 3.8) is 0 Å². The van der Waals surface area contributed by atoms with Gasteiger partial charge in [-0.1, -0.05) is 19.1 Å². The highest BCUT2D eigenvalue weighted by Gasteiger charge is 2.18. The number of hydrogen-bond donors (Lipinski definition) is 2. The molecule has 0 spiro atoms. The number of anilines is 2. The highest BCUT2D eigenvalue weighted by Crippen LogP contribution is 2.23. The van der Waals surface area contributed by atoms with Gasteiger partial charge in [-0.2, -0.15) is 5.10 Å². The van der Waals surface area contributed by atoms with Gasteiger partial charge in [0.05, 0.1) is 43.0 Å². The predicted molar refractivity (Wildman–Crippen MR) is 110 cm³/mol. The summed E-state index contributed by atoms with van der Waals surface area (Å²) in [5, 5.41) is 10.1. The van der Waals surface area contributed by atoms with Crippen LogP contribution in [-0.4, -0.2) is 53.2 Å². The lowest BCUT2D eigenvalue weighted by atomic mass is 10.3. The van der Waals surface area contributed by atoms with Crippen molar-refractivity contribution in [3.05, 3.63) is 35.7 Å². The summed E-state index contributed by atoms with van der Waals surface area (Å²) in [7, 11) is 3.39. The van der Waals surface area contributed by atoms with E-state index in [2.05, 4.69) is 15.7 Å². The van der Waals surface area contributed by atoms with E-state index in [9.17, 15) is 9.59 Å². The number of carbonyl (C=O) groups is 2. The molecule has 1 aromatic carbocycles. The van der Waals surface area contributed by atoms with Crippen molar-refractivity contribution in [1.82, 2.24) is 14.7 Å². The molecule has 1 heterocycles. The van der Waals surface area contributed by atoms with E-state index in [1.54, 1.807) is 23.9 Å². The summed E-state index contributed by atoms with van der Waals surface area (Å²) in [6.07, 6.45) is 0.833. The Labute approximate surface area is 165 Å². The molecular weight excluding hydrogens is 358 g/mol. The van der Waals surface area contributed by atoms with E-state index in [0.29, 0.717) is 18.0 Å². The molecule has 0 atom stereocenters. The van der Waals surface area contributed by atoms with Crippen molar-refractivity contribution in [2.45, 2.75) is 27.2 Å². The van der Waals surface area contributed by atoms with Gasteiger partial charge in [0.1, 0.15) is 5.75 Å². The first-order valence-corrected chi connectivity index (χ1v) is 9.31. The van der Waals surface area contributed by atoms with Crippen LogP contribution in [0.4, 0.5) is 11.4 Å². The summed E-state index contributed by atoms with van der Waals surface area (Å²) in [6.45, 7) is 6.65. The Bertz CT molecular complexity index is 831. The van der Waals surface area contributed by atoms with Crippen LogP contribution in [0.5, 0.6) is 5.75 Å². The van der Waals surface area contributed by atoms with Crippen LogP contribution in [0.2, 0.25) is 0 Å². The summed E-state index contributed by atoms with van der Waals surface area (Å²) in [6, 6.07) is 7.23. The van der Waals surface area contributed by atoms with Crippen molar-refractivity contribution >= 4 is 23.2 Å². The smallest absolute Gasteiger partial charge is 0.238 e. The molecule has 0 aliphatic carbocycles. The molecule has 8 heteroatoms. The number of nitrogens with one attached hydrogen (secondary N) is 2. The number of aromatic nitrogens is 2. The van der Waals surface area contributed by atoms with Crippen molar-refractivity contribution in [2.24, 2.45) is 7.05 Å². The molecule has 2 amide bonds. The lowest BCUT2D eigenvalue weighted by Crippen LogP contribution is -2.39. The third kappa shape index (κ3) is 5.56. The van der Waals surface area contributed by atoms with Gasteiger partial charge in [-0.25, -0.2) is 0 Å². The van der Waals surface area contributed by atoms with Crippen LogP contribution in [0.3, 0.4) is 0 Å². The first-order valence-electron chi connectivity index (χ1n) is 9.31. The molecule has 0 fully saturated rings. The number of para-hydroxylation sites is 2. The Kier molecular flexibility index (Phi) is 7.57. The van der Waals surface area contributed by atoms with Gasteiger partial charge in [0.15, 0.2) is 0 Å². The van der Waals surface area contributed by atoms with Crippen LogP contribution < -0.4 is 15.4 Å². The number of aryl methyl sites for hydroxylation is 2. The minimum absolute atomic E-state index is 0.115. The van der Waals surface area contributed by atoms with E-state index < -0.39 is 0 Å². The van der Waals surface area contributed by atoms with E-state index in [1.165, 1.54) is 0 Å². The molecule has 0 radical (unpaired) electrons. The summed E-state index contributed by atoms with van der Waals surface area (Å²) in [4.78, 5) is 26.8. The zero-order chi connectivity index (χ0) is 20.7. The Morgan fingerprint density at radius 3 is 2.36 bits per heavy atom. The van der Waals surface area contributed by atoms with E-state index in [1.807, 2.05) is 44.9 Å². The predicted octanol–water partition coefficient (Wildman–Crippen LogP) is 2.33. The van der Waals surface area contributed by atoms with Crippen LogP contribution in [0.1, 0.15) is 24.7 Å². The monoisotopic (exact) mass is 387 g/mol. The minimum atomic E-state index is -0.195. The average Bonchev–Trinajstić information content (AvgIpc) is 2.88. The zero-order valence-corrected chi connectivity index (χ0v) is 17.2. The standard InChI is InChI=1S/C20H29N5O3/c1-6-11-25(12-18(26)21-16-9-7-8-10-17(16)28-5)13-19(27)22-20-14(2)23-24(4)15(20)3/h7-10H,6,11-13H2,1-5H3,(H,21,26)(H,22,27). The fourth-order valence-electron chi connectivity index (χ4n) is 3.01. The zero-order valence-electron chi connectivity index (χ0n) is 17.2. The van der Waals surface area contributed by atoms with Crippen LogP contribution >= 0.6 is 0 Å². The highest BCUT2D eigenvalue weighted by atomic mass is 16.5. The van der Waals surface area contributed by atoms with E-state index in [-0.39, 0.29) is 24.9 Å². The molecule has 0 aliphatic rings. The maximum absolute atomic E-state index is 12.5. The second kappa shape index (κ2) is 9.89. The number of nitrogens with zero attached hydrogens (tertiary/aromatic N) is 3. The summed E-state index contributed by atoms with van der Waals surface area (Å²) in [5.41, 5.74) is 2.99. The van der Waals surface area contributed by atoms with Gasteiger partial charge in [0.2, 0.25) is 11.8 Å². The van der Waals surface area contributed by atoms with Crippen LogP contribution in [0.15, 0.2) is 24.3 Å². The second-order valence-corrected chi connectivity index (χ2v) is 6.68. The third-order valence-electron chi connectivity index (χ3n) is 4.43. The second-order valence-electron chi connectivity index (χ2n) is 6.68. The maximum Gasteiger partial charge on any atom is 0.238 e. The van der Waals surface area contributed by atoms with E-state index in [0.717, 1.165) is 23.5 Å². The molecule has 2 aromatic rings. The summed E-state index contributed by atoms with van der Waals surface area (Å²) in [5.74, 6) is 0.232. The first-order chi connectivity index (χ1) is 13.3. The lowest BCUT2D eigenvalue weighted by Gasteiger charge is -2.21. The van der Waals surface area contributed by atoms with Crippen molar-refractivity contribution in [2.75, 3.05) is 37.4 Å². The Morgan fingerprint density at radius 2 is 1.79 bits per heavy atom. The first kappa shape index (κ1) is 21.4. The van der Waals surface area contributed by atoms with Gasteiger partial charge in [-0.3, -0.25) is 19.2 Å². The van der Waals surface area contributed by atoms with Crippen LogP contribution in [-0.2, 0) is 16.6 Å². The number of hydrogen-bond acceptors (Lipinski definition) is 5. The van der Waals surface area contributed by atoms with Gasteiger partial charge in [0, 0.05) is 7.05 Å². The van der Waals surface area contributed by atoms with E-state index in [4.69, 9.17) is 4.74 Å². The number of ether oxygens (including phenoxy) is 1. The van der Waals surface area contributed by atoms with Crippen LogP contribution in [0, 0.1) is 13.8 Å². The van der Waals surface area contributed by atoms with Gasteiger partial charge in [-0.05, 0) is 38.9 Å². The molecule has 1 aromatic heterocycles. The molecule has 8 nitrogen and oxygen atoms in total.